The second-order valence-electron chi connectivity index (χ2n) is 11.7. The molecule has 0 unspecified atom stereocenters. The molecule has 1 saturated carbocycles. The second-order valence-corrected chi connectivity index (χ2v) is 11.7. The van der Waals surface area contributed by atoms with Gasteiger partial charge in [0, 0.05) is 49.2 Å². The lowest BCUT2D eigenvalue weighted by Crippen LogP contribution is -2.51. The summed E-state index contributed by atoms with van der Waals surface area (Å²) in [6, 6.07) is 20.9. The number of carbonyl (C=O) groups is 2. The standard InChI is InChI=1S/C33H40N4O2/c1-24(2)34-18-20-35(21-19-34)33(39)31-17-16-29-23-37(30-11-7-6-10-28(30)22-36(29)31)32(38)27-14-12-26(13-15-27)25-8-4-3-5-9-25/h6-7,10-17,24-25H,3-5,8-9,18-23H2,1-2H3. The van der Waals surface area contributed by atoms with Crippen LogP contribution in [-0.4, -0.2) is 58.4 Å². The number of hydrogen-bond donors (Lipinski definition) is 0. The van der Waals surface area contributed by atoms with Crippen molar-refractivity contribution < 1.29 is 9.59 Å². The zero-order chi connectivity index (χ0) is 26.9. The average Bonchev–Trinajstić information content (AvgIpc) is 3.29. The van der Waals surface area contributed by atoms with Gasteiger partial charge < -0.3 is 14.4 Å². The Morgan fingerprint density at radius 3 is 2.21 bits per heavy atom. The molecule has 2 aromatic carbocycles. The predicted octanol–water partition coefficient (Wildman–Crippen LogP) is 5.91. The van der Waals surface area contributed by atoms with Gasteiger partial charge in [-0.05, 0) is 74.1 Å². The number of piperazine rings is 1. The highest BCUT2D eigenvalue weighted by atomic mass is 16.2. The van der Waals surface area contributed by atoms with Gasteiger partial charge in [-0.3, -0.25) is 14.5 Å². The number of rotatable bonds is 4. The van der Waals surface area contributed by atoms with E-state index in [-0.39, 0.29) is 11.8 Å². The third-order valence-electron chi connectivity index (χ3n) is 9.03. The van der Waals surface area contributed by atoms with Crippen LogP contribution in [-0.2, 0) is 13.1 Å². The topological polar surface area (TPSA) is 48.8 Å². The summed E-state index contributed by atoms with van der Waals surface area (Å²) in [5, 5.41) is 0. The Balaban J connectivity index is 1.25. The fourth-order valence-corrected chi connectivity index (χ4v) is 6.62. The molecular formula is C33H40N4O2. The van der Waals surface area contributed by atoms with Crippen molar-refractivity contribution in [3.63, 3.8) is 0 Å². The summed E-state index contributed by atoms with van der Waals surface area (Å²) in [7, 11) is 0. The SMILES string of the molecule is CC(C)N1CCN(C(=O)c2ccc3n2Cc2ccccc2N(C(=O)c2ccc(C4CCCCC4)cc2)C3)CC1. The van der Waals surface area contributed by atoms with Gasteiger partial charge in [0.1, 0.15) is 5.69 Å². The third kappa shape index (κ3) is 5.14. The minimum Gasteiger partial charge on any atom is -0.335 e. The highest BCUT2D eigenvalue weighted by Crippen LogP contribution is 2.34. The summed E-state index contributed by atoms with van der Waals surface area (Å²) in [5.41, 5.74) is 5.74. The van der Waals surface area contributed by atoms with Gasteiger partial charge in [0.05, 0.1) is 13.1 Å². The number of carbonyl (C=O) groups excluding carboxylic acids is 2. The lowest BCUT2D eigenvalue weighted by Gasteiger charge is -2.37. The molecule has 6 rings (SSSR count). The number of amides is 2. The summed E-state index contributed by atoms with van der Waals surface area (Å²) in [6.07, 6.45) is 6.43. The van der Waals surface area contributed by atoms with E-state index < -0.39 is 0 Å². The molecule has 0 atom stereocenters. The zero-order valence-electron chi connectivity index (χ0n) is 23.3. The summed E-state index contributed by atoms with van der Waals surface area (Å²) < 4.78 is 2.12. The van der Waals surface area contributed by atoms with E-state index in [9.17, 15) is 9.59 Å². The lowest BCUT2D eigenvalue weighted by molar-refractivity contribution is 0.0585. The van der Waals surface area contributed by atoms with Crippen molar-refractivity contribution in [3.05, 3.63) is 88.7 Å². The maximum atomic E-state index is 13.9. The van der Waals surface area contributed by atoms with Gasteiger partial charge in [0.15, 0.2) is 0 Å². The fraction of sp³-hybridized carbons (Fsp3) is 0.455. The molecule has 3 aromatic rings. The van der Waals surface area contributed by atoms with Crippen LogP contribution in [0.25, 0.3) is 0 Å². The Labute approximate surface area is 232 Å². The van der Waals surface area contributed by atoms with E-state index in [4.69, 9.17) is 0 Å². The lowest BCUT2D eigenvalue weighted by atomic mass is 9.84. The van der Waals surface area contributed by atoms with Crippen molar-refractivity contribution in [2.24, 2.45) is 0 Å². The van der Waals surface area contributed by atoms with Crippen molar-refractivity contribution in [2.45, 2.75) is 71.0 Å². The van der Waals surface area contributed by atoms with Crippen molar-refractivity contribution in [1.82, 2.24) is 14.4 Å². The molecule has 1 saturated heterocycles. The monoisotopic (exact) mass is 524 g/mol. The number of benzene rings is 2. The van der Waals surface area contributed by atoms with Crippen LogP contribution in [0.15, 0.2) is 60.7 Å². The molecule has 6 nitrogen and oxygen atoms in total. The number of aromatic nitrogens is 1. The molecule has 6 heteroatoms. The fourth-order valence-electron chi connectivity index (χ4n) is 6.62. The molecule has 1 aliphatic carbocycles. The van der Waals surface area contributed by atoms with Crippen molar-refractivity contribution in [2.75, 3.05) is 31.1 Å². The second kappa shape index (κ2) is 11.0. The largest absolute Gasteiger partial charge is 0.335 e. The van der Waals surface area contributed by atoms with Crippen LogP contribution >= 0.6 is 0 Å². The Bertz CT molecular complexity index is 1330. The number of fused-ring (bicyclic) bond motifs is 2. The van der Waals surface area contributed by atoms with Gasteiger partial charge in [-0.15, -0.1) is 0 Å². The molecule has 0 N–H and O–H groups in total. The summed E-state index contributed by atoms with van der Waals surface area (Å²) in [4.78, 5) is 33.9. The van der Waals surface area contributed by atoms with E-state index in [0.29, 0.717) is 36.3 Å². The first-order valence-corrected chi connectivity index (χ1v) is 14.7. The Morgan fingerprint density at radius 1 is 0.769 bits per heavy atom. The third-order valence-corrected chi connectivity index (χ3v) is 9.03. The molecule has 3 heterocycles. The van der Waals surface area contributed by atoms with Crippen molar-refractivity contribution >= 4 is 17.5 Å². The smallest absolute Gasteiger partial charge is 0.270 e. The molecule has 0 spiro atoms. The molecular weight excluding hydrogens is 484 g/mol. The summed E-state index contributed by atoms with van der Waals surface area (Å²) in [5.74, 6) is 0.708. The number of nitrogens with zero attached hydrogens (tertiary/aromatic N) is 4. The van der Waals surface area contributed by atoms with Crippen LogP contribution in [0.1, 0.15) is 89.5 Å². The van der Waals surface area contributed by atoms with Crippen LogP contribution < -0.4 is 4.90 Å². The minimum absolute atomic E-state index is 0.00461. The number of hydrogen-bond acceptors (Lipinski definition) is 3. The van der Waals surface area contributed by atoms with Crippen LogP contribution in [0.5, 0.6) is 0 Å². The molecule has 0 radical (unpaired) electrons. The van der Waals surface area contributed by atoms with Crippen LogP contribution in [0.4, 0.5) is 5.69 Å². The average molecular weight is 525 g/mol. The quantitative estimate of drug-likeness (QED) is 0.426. The van der Waals surface area contributed by atoms with Gasteiger partial charge >= 0.3 is 0 Å². The number of para-hydroxylation sites is 1. The van der Waals surface area contributed by atoms with Gasteiger partial charge in [0.2, 0.25) is 0 Å². The van der Waals surface area contributed by atoms with Gasteiger partial charge in [0.25, 0.3) is 11.8 Å². The number of anilines is 1. The van der Waals surface area contributed by atoms with Gasteiger partial charge in [-0.2, -0.15) is 0 Å². The molecule has 2 amide bonds. The molecule has 2 aliphatic heterocycles. The molecule has 204 valence electrons. The van der Waals surface area contributed by atoms with E-state index in [1.807, 2.05) is 52.3 Å². The minimum atomic E-state index is 0.00461. The summed E-state index contributed by atoms with van der Waals surface area (Å²) >= 11 is 0. The first kappa shape index (κ1) is 25.9. The molecule has 39 heavy (non-hydrogen) atoms. The highest BCUT2D eigenvalue weighted by molar-refractivity contribution is 6.06. The van der Waals surface area contributed by atoms with E-state index in [1.54, 1.807) is 0 Å². The molecule has 2 fully saturated rings. The van der Waals surface area contributed by atoms with E-state index >= 15 is 0 Å². The van der Waals surface area contributed by atoms with Gasteiger partial charge in [-0.25, -0.2) is 0 Å². The van der Waals surface area contributed by atoms with Crippen molar-refractivity contribution in [1.29, 1.82) is 0 Å². The molecule has 3 aliphatic rings. The Kier molecular flexibility index (Phi) is 7.30. The Hall–Kier alpha value is -3.38. The van der Waals surface area contributed by atoms with E-state index in [2.05, 4.69) is 41.5 Å². The highest BCUT2D eigenvalue weighted by Gasteiger charge is 2.30. The normalized spacial score (nSPS) is 18.5. The van der Waals surface area contributed by atoms with E-state index in [0.717, 1.165) is 43.1 Å². The summed E-state index contributed by atoms with van der Waals surface area (Å²) in [6.45, 7) is 8.74. The van der Waals surface area contributed by atoms with E-state index in [1.165, 1.54) is 37.7 Å². The van der Waals surface area contributed by atoms with Crippen LogP contribution in [0, 0.1) is 0 Å². The van der Waals surface area contributed by atoms with Crippen molar-refractivity contribution in [3.8, 4) is 0 Å². The van der Waals surface area contributed by atoms with Gasteiger partial charge in [-0.1, -0.05) is 49.6 Å². The Morgan fingerprint density at radius 2 is 1.49 bits per heavy atom. The first-order chi connectivity index (χ1) is 19.0. The predicted molar refractivity (Wildman–Crippen MR) is 155 cm³/mol. The first-order valence-electron chi connectivity index (χ1n) is 14.7. The van der Waals surface area contributed by atoms with Crippen LogP contribution in [0.3, 0.4) is 0 Å². The maximum absolute atomic E-state index is 13.9. The maximum Gasteiger partial charge on any atom is 0.270 e. The molecule has 1 aromatic heterocycles. The van der Waals surface area contributed by atoms with Crippen LogP contribution in [0.2, 0.25) is 0 Å². The molecule has 0 bridgehead atoms. The zero-order valence-corrected chi connectivity index (χ0v) is 23.3.